The van der Waals surface area contributed by atoms with Crippen LogP contribution in [0.4, 0.5) is 17.6 Å². The fraction of sp³-hybridized carbons (Fsp3) is 0.276. The zero-order chi connectivity index (χ0) is 26.6. The third-order valence-electron chi connectivity index (χ3n) is 6.52. The summed E-state index contributed by atoms with van der Waals surface area (Å²) in [4.78, 5) is 6.38. The molecule has 0 saturated heterocycles. The third-order valence-corrected chi connectivity index (χ3v) is 6.52. The van der Waals surface area contributed by atoms with Gasteiger partial charge in [-0.05, 0) is 24.1 Å². The second-order valence-electron chi connectivity index (χ2n) is 9.22. The third kappa shape index (κ3) is 5.38. The average Bonchev–Trinajstić information content (AvgIpc) is 3.55. The maximum absolute atomic E-state index is 14.7. The molecule has 0 atom stereocenters. The van der Waals surface area contributed by atoms with Crippen molar-refractivity contribution in [3.8, 4) is 22.9 Å². The number of hydrogen-bond acceptors (Lipinski definition) is 4. The molecule has 2 heterocycles. The van der Waals surface area contributed by atoms with Crippen molar-refractivity contribution < 1.29 is 27.0 Å². The molecule has 38 heavy (non-hydrogen) atoms. The molecule has 5 nitrogen and oxygen atoms in total. The van der Waals surface area contributed by atoms with Crippen LogP contribution in [0.25, 0.3) is 11.4 Å². The van der Waals surface area contributed by atoms with Crippen molar-refractivity contribution >= 4 is 0 Å². The predicted octanol–water partition coefficient (Wildman–Crippen LogP) is 6.84. The van der Waals surface area contributed by atoms with Gasteiger partial charge in [-0.1, -0.05) is 49.7 Å². The molecule has 0 radical (unpaired) electrons. The van der Waals surface area contributed by atoms with E-state index >= 15 is 0 Å². The summed E-state index contributed by atoms with van der Waals surface area (Å²) in [6.07, 6.45) is 3.61. The van der Waals surface area contributed by atoms with Crippen molar-refractivity contribution in [2.24, 2.45) is 0 Å². The van der Waals surface area contributed by atoms with Gasteiger partial charge in [0.1, 0.15) is 5.82 Å². The van der Waals surface area contributed by atoms with Crippen LogP contribution in [-0.2, 0) is 26.2 Å². The summed E-state index contributed by atoms with van der Waals surface area (Å²) in [5, 5.41) is 0. The summed E-state index contributed by atoms with van der Waals surface area (Å²) in [5.41, 5.74) is 1.89. The quantitative estimate of drug-likeness (QED) is 0.168. The van der Waals surface area contributed by atoms with Crippen molar-refractivity contribution in [3.63, 3.8) is 0 Å². The van der Waals surface area contributed by atoms with E-state index in [1.54, 1.807) is 23.2 Å². The van der Waals surface area contributed by atoms with E-state index in [2.05, 4.69) is 16.5 Å². The number of fused-ring (bicyclic) bond motifs is 1. The SMILES string of the molecule is CCCCn1c(CN(Cc2ccc3c(c2)OCO3)Cc2c(F)c(F)cc(F)c2F)cnc1-c1ccccc1. The van der Waals surface area contributed by atoms with Gasteiger partial charge in [0, 0.05) is 43.4 Å². The van der Waals surface area contributed by atoms with Gasteiger partial charge in [0.05, 0.1) is 11.9 Å². The van der Waals surface area contributed by atoms with Gasteiger partial charge >= 0.3 is 0 Å². The fourth-order valence-electron chi connectivity index (χ4n) is 4.60. The highest BCUT2D eigenvalue weighted by Gasteiger charge is 2.24. The maximum atomic E-state index is 14.7. The largest absolute Gasteiger partial charge is 0.454 e. The molecule has 0 bridgehead atoms. The Morgan fingerprint density at radius 2 is 1.61 bits per heavy atom. The lowest BCUT2D eigenvalue weighted by Gasteiger charge is -2.24. The molecule has 0 unspecified atom stereocenters. The summed E-state index contributed by atoms with van der Waals surface area (Å²) < 4.78 is 70.3. The number of halogens is 4. The molecular formula is C29H27F4N3O2. The Labute approximate surface area is 218 Å². The number of aromatic nitrogens is 2. The van der Waals surface area contributed by atoms with Crippen molar-refractivity contribution in [1.82, 2.24) is 14.5 Å². The highest BCUT2D eigenvalue weighted by atomic mass is 19.2. The summed E-state index contributed by atoms with van der Waals surface area (Å²) in [7, 11) is 0. The monoisotopic (exact) mass is 525 g/mol. The molecule has 0 fully saturated rings. The lowest BCUT2D eigenvalue weighted by Crippen LogP contribution is -2.26. The Morgan fingerprint density at radius 1 is 0.868 bits per heavy atom. The number of imidazole rings is 1. The van der Waals surface area contributed by atoms with E-state index in [0.717, 1.165) is 35.5 Å². The lowest BCUT2D eigenvalue weighted by molar-refractivity contribution is 0.174. The zero-order valence-corrected chi connectivity index (χ0v) is 20.9. The van der Waals surface area contributed by atoms with Crippen molar-refractivity contribution in [3.05, 3.63) is 101 Å². The molecule has 5 rings (SSSR count). The first-order valence-electron chi connectivity index (χ1n) is 12.5. The van der Waals surface area contributed by atoms with E-state index in [1.165, 1.54) is 0 Å². The second-order valence-corrected chi connectivity index (χ2v) is 9.22. The molecule has 0 N–H and O–H groups in total. The molecule has 0 amide bonds. The van der Waals surface area contributed by atoms with E-state index in [9.17, 15) is 17.6 Å². The Hall–Kier alpha value is -3.85. The van der Waals surface area contributed by atoms with Gasteiger partial charge in [0.25, 0.3) is 0 Å². The zero-order valence-electron chi connectivity index (χ0n) is 20.9. The lowest BCUT2D eigenvalue weighted by atomic mass is 10.1. The first-order chi connectivity index (χ1) is 18.4. The number of nitrogens with zero attached hydrogens (tertiary/aromatic N) is 3. The Kier molecular flexibility index (Phi) is 7.64. The fourth-order valence-corrected chi connectivity index (χ4v) is 4.60. The smallest absolute Gasteiger partial charge is 0.231 e. The van der Waals surface area contributed by atoms with Crippen LogP contribution in [0.3, 0.4) is 0 Å². The van der Waals surface area contributed by atoms with Crippen LogP contribution in [0.1, 0.15) is 36.6 Å². The first-order valence-corrected chi connectivity index (χ1v) is 12.5. The minimum absolute atomic E-state index is 0.111. The number of unbranched alkanes of at least 4 members (excludes halogenated alkanes) is 1. The number of benzene rings is 3. The normalized spacial score (nSPS) is 12.5. The molecule has 4 aromatic rings. The molecule has 1 aliphatic rings. The van der Waals surface area contributed by atoms with E-state index in [0.29, 0.717) is 18.0 Å². The second kappa shape index (κ2) is 11.3. The molecule has 198 valence electrons. The summed E-state index contributed by atoms with van der Waals surface area (Å²) in [6, 6.07) is 15.3. The van der Waals surface area contributed by atoms with Crippen molar-refractivity contribution in [2.45, 2.75) is 45.9 Å². The number of hydrogen-bond donors (Lipinski definition) is 0. The van der Waals surface area contributed by atoms with Gasteiger partial charge in [0.15, 0.2) is 34.8 Å². The van der Waals surface area contributed by atoms with Gasteiger partial charge in [-0.3, -0.25) is 4.90 Å². The Balaban J connectivity index is 1.51. The van der Waals surface area contributed by atoms with E-state index in [-0.39, 0.29) is 32.5 Å². The summed E-state index contributed by atoms with van der Waals surface area (Å²) in [6.45, 7) is 3.00. The Bertz CT molecular complexity index is 1400. The van der Waals surface area contributed by atoms with Crippen LogP contribution in [0.5, 0.6) is 11.5 Å². The van der Waals surface area contributed by atoms with Crippen LogP contribution in [-0.4, -0.2) is 21.2 Å². The van der Waals surface area contributed by atoms with Crippen LogP contribution >= 0.6 is 0 Å². The molecule has 0 saturated carbocycles. The highest BCUT2D eigenvalue weighted by Crippen LogP contribution is 2.33. The number of rotatable bonds is 10. The molecular weight excluding hydrogens is 498 g/mol. The van der Waals surface area contributed by atoms with Gasteiger partial charge < -0.3 is 14.0 Å². The molecule has 0 aliphatic carbocycles. The predicted molar refractivity (Wildman–Crippen MR) is 134 cm³/mol. The molecule has 3 aromatic carbocycles. The minimum atomic E-state index is -1.43. The number of ether oxygens (including phenoxy) is 2. The Morgan fingerprint density at radius 3 is 2.34 bits per heavy atom. The highest BCUT2D eigenvalue weighted by molar-refractivity contribution is 5.56. The molecule has 1 aromatic heterocycles. The maximum Gasteiger partial charge on any atom is 0.231 e. The standard InChI is InChI=1S/C29H27F4N3O2/c1-2-3-11-36-21(14-34-29(36)20-7-5-4-6-8-20)16-35(15-19-9-10-25-26(12-19)38-18-37-25)17-22-27(32)23(30)13-24(31)28(22)33/h4-10,12-14H,2-3,11,15-18H2,1H3. The van der Waals surface area contributed by atoms with E-state index in [4.69, 9.17) is 9.47 Å². The summed E-state index contributed by atoms with van der Waals surface area (Å²) in [5.74, 6) is -3.70. The molecule has 0 spiro atoms. The topological polar surface area (TPSA) is 39.5 Å². The average molecular weight is 526 g/mol. The van der Waals surface area contributed by atoms with Gasteiger partial charge in [0.2, 0.25) is 6.79 Å². The minimum Gasteiger partial charge on any atom is -0.454 e. The van der Waals surface area contributed by atoms with Crippen LogP contribution < -0.4 is 9.47 Å². The van der Waals surface area contributed by atoms with Crippen LogP contribution in [0, 0.1) is 23.3 Å². The molecule has 1 aliphatic heterocycles. The van der Waals surface area contributed by atoms with Gasteiger partial charge in [-0.2, -0.15) is 0 Å². The van der Waals surface area contributed by atoms with Crippen molar-refractivity contribution in [2.75, 3.05) is 6.79 Å². The van der Waals surface area contributed by atoms with Gasteiger partial charge in [-0.25, -0.2) is 22.5 Å². The van der Waals surface area contributed by atoms with E-state index in [1.807, 2.05) is 36.4 Å². The summed E-state index contributed by atoms with van der Waals surface area (Å²) >= 11 is 0. The van der Waals surface area contributed by atoms with E-state index < -0.39 is 28.8 Å². The van der Waals surface area contributed by atoms with Crippen molar-refractivity contribution in [1.29, 1.82) is 0 Å². The van der Waals surface area contributed by atoms with Crippen LogP contribution in [0.15, 0.2) is 60.8 Å². The van der Waals surface area contributed by atoms with Crippen LogP contribution in [0.2, 0.25) is 0 Å². The van der Waals surface area contributed by atoms with Gasteiger partial charge in [-0.15, -0.1) is 0 Å². The molecule has 9 heteroatoms. The first kappa shape index (κ1) is 25.8.